The van der Waals surface area contributed by atoms with E-state index in [1.165, 1.54) is 38.5 Å². The first kappa shape index (κ1) is 13.2. The Morgan fingerprint density at radius 2 is 1.86 bits per heavy atom. The predicted octanol–water partition coefficient (Wildman–Crippen LogP) is 2.94. The summed E-state index contributed by atoms with van der Waals surface area (Å²) in [6.45, 7) is 2.26. The zero-order chi connectivity index (χ0) is 14.6. The number of nitrogens with zero attached hydrogens (tertiary/aromatic N) is 1. The molecule has 1 aromatic heterocycles. The molecule has 0 amide bonds. The van der Waals surface area contributed by atoms with Crippen LogP contribution in [0.25, 0.3) is 0 Å². The highest BCUT2D eigenvalue weighted by atomic mass is 16.5. The molecule has 0 radical (unpaired) electrons. The number of ether oxygens (including phenoxy) is 1. The highest BCUT2D eigenvalue weighted by Crippen LogP contribution is 2.60. The molecule has 0 saturated heterocycles. The number of nitrogens with two attached hydrogens (primary N) is 1. The number of carbonyl (C=O) groups excluding carboxylic acids is 1. The molecule has 0 aliphatic heterocycles. The van der Waals surface area contributed by atoms with Gasteiger partial charge in [0.05, 0.1) is 6.61 Å². The number of anilines is 1. The van der Waals surface area contributed by atoms with E-state index in [9.17, 15) is 4.79 Å². The number of esters is 1. The van der Waals surface area contributed by atoms with Crippen molar-refractivity contribution in [2.75, 3.05) is 12.3 Å². The molecule has 4 aliphatic rings. The van der Waals surface area contributed by atoms with Crippen LogP contribution in [-0.2, 0) is 4.74 Å². The Balaban J connectivity index is 1.45. The van der Waals surface area contributed by atoms with E-state index in [1.807, 2.05) is 0 Å². The minimum Gasteiger partial charge on any atom is -0.460 e. The summed E-state index contributed by atoms with van der Waals surface area (Å²) in [5, 5.41) is 3.71. The second-order valence-electron chi connectivity index (χ2n) is 7.51. The average molecular weight is 290 g/mol. The van der Waals surface area contributed by atoms with E-state index in [2.05, 4.69) is 5.16 Å². The summed E-state index contributed by atoms with van der Waals surface area (Å²) in [5.74, 6) is 2.37. The topological polar surface area (TPSA) is 78.3 Å². The van der Waals surface area contributed by atoms with Crippen molar-refractivity contribution < 1.29 is 14.1 Å². The van der Waals surface area contributed by atoms with Gasteiger partial charge in [0.1, 0.15) is 0 Å². The average Bonchev–Trinajstić information content (AvgIpc) is 2.75. The minimum atomic E-state index is -0.399. The number of rotatable bonds is 3. The lowest BCUT2D eigenvalue weighted by Gasteiger charge is -2.56. The lowest BCUT2D eigenvalue weighted by Crippen LogP contribution is -2.48. The molecule has 0 unspecified atom stereocenters. The van der Waals surface area contributed by atoms with Crippen molar-refractivity contribution in [2.24, 2.45) is 23.2 Å². The quantitative estimate of drug-likeness (QED) is 0.866. The first-order chi connectivity index (χ1) is 10.0. The smallest absolute Gasteiger partial charge is 0.360 e. The zero-order valence-corrected chi connectivity index (χ0v) is 12.4. The van der Waals surface area contributed by atoms with Crippen molar-refractivity contribution in [3.05, 3.63) is 11.3 Å². The van der Waals surface area contributed by atoms with Gasteiger partial charge in [-0.25, -0.2) is 4.79 Å². The summed E-state index contributed by atoms with van der Waals surface area (Å²) in [4.78, 5) is 12.2. The maximum atomic E-state index is 12.2. The molecule has 4 bridgehead atoms. The zero-order valence-electron chi connectivity index (χ0n) is 12.4. The number of aromatic nitrogens is 1. The van der Waals surface area contributed by atoms with Crippen LogP contribution in [0.5, 0.6) is 0 Å². The predicted molar refractivity (Wildman–Crippen MR) is 76.5 cm³/mol. The molecule has 2 N–H and O–H groups in total. The van der Waals surface area contributed by atoms with Gasteiger partial charge in [-0.2, -0.15) is 0 Å². The Kier molecular flexibility index (Phi) is 2.81. The fourth-order valence-corrected chi connectivity index (χ4v) is 5.29. The Morgan fingerprint density at radius 1 is 1.29 bits per heavy atom. The lowest BCUT2D eigenvalue weighted by atomic mass is 9.50. The third-order valence-electron chi connectivity index (χ3n) is 5.83. The number of nitrogen functional groups attached to an aromatic ring is 1. The van der Waals surface area contributed by atoms with Crippen LogP contribution in [0.15, 0.2) is 4.52 Å². The maximum absolute atomic E-state index is 12.2. The van der Waals surface area contributed by atoms with Gasteiger partial charge >= 0.3 is 5.97 Å². The van der Waals surface area contributed by atoms with Crippen LogP contribution in [0.1, 0.15) is 54.6 Å². The van der Waals surface area contributed by atoms with Crippen molar-refractivity contribution in [2.45, 2.75) is 45.4 Å². The maximum Gasteiger partial charge on any atom is 0.360 e. The van der Waals surface area contributed by atoms with Crippen LogP contribution in [0.4, 0.5) is 5.88 Å². The Bertz CT molecular complexity index is 543. The van der Waals surface area contributed by atoms with E-state index in [0.717, 1.165) is 17.8 Å². The molecule has 5 nitrogen and oxygen atoms in total. The van der Waals surface area contributed by atoms with Gasteiger partial charge in [0, 0.05) is 11.0 Å². The van der Waals surface area contributed by atoms with Crippen molar-refractivity contribution in [3.8, 4) is 0 Å². The van der Waals surface area contributed by atoms with Gasteiger partial charge < -0.3 is 15.0 Å². The third kappa shape index (κ3) is 2.14. The standard InChI is InChI=1S/C16H22N2O3/c1-9-13(18-21-14(9)17)15(19)20-8-16-5-10-2-11(6-16)4-12(3-10)7-16/h10-12H,2-8,17H2,1H3. The summed E-state index contributed by atoms with van der Waals surface area (Å²) < 4.78 is 10.4. The SMILES string of the molecule is Cc1c(C(=O)OCC23CC4CC(CC(C4)C2)C3)noc1N. The van der Waals surface area contributed by atoms with E-state index >= 15 is 0 Å². The van der Waals surface area contributed by atoms with Crippen molar-refractivity contribution >= 4 is 11.9 Å². The molecule has 114 valence electrons. The van der Waals surface area contributed by atoms with Crippen molar-refractivity contribution in [1.29, 1.82) is 0 Å². The van der Waals surface area contributed by atoms with Gasteiger partial charge in [-0.05, 0) is 63.2 Å². The van der Waals surface area contributed by atoms with Crippen LogP contribution in [0.3, 0.4) is 0 Å². The molecule has 5 rings (SSSR count). The van der Waals surface area contributed by atoms with Gasteiger partial charge in [-0.1, -0.05) is 5.16 Å². The van der Waals surface area contributed by atoms with E-state index in [1.54, 1.807) is 6.92 Å². The Labute approximate surface area is 124 Å². The summed E-state index contributed by atoms with van der Waals surface area (Å²) in [6, 6.07) is 0. The van der Waals surface area contributed by atoms with Crippen LogP contribution in [0, 0.1) is 30.1 Å². The monoisotopic (exact) mass is 290 g/mol. The normalized spacial score (nSPS) is 36.9. The van der Waals surface area contributed by atoms with Crippen LogP contribution >= 0.6 is 0 Å². The molecular formula is C16H22N2O3. The fourth-order valence-electron chi connectivity index (χ4n) is 5.29. The summed E-state index contributed by atoms with van der Waals surface area (Å²) in [7, 11) is 0. The number of hydrogen-bond acceptors (Lipinski definition) is 5. The molecule has 21 heavy (non-hydrogen) atoms. The fraction of sp³-hybridized carbons (Fsp3) is 0.750. The first-order valence-corrected chi connectivity index (χ1v) is 7.93. The second-order valence-corrected chi connectivity index (χ2v) is 7.51. The summed E-state index contributed by atoms with van der Waals surface area (Å²) in [6.07, 6.45) is 7.87. The van der Waals surface area contributed by atoms with E-state index in [0.29, 0.717) is 12.2 Å². The van der Waals surface area contributed by atoms with Crippen LogP contribution < -0.4 is 5.73 Å². The Morgan fingerprint density at radius 3 is 2.33 bits per heavy atom. The van der Waals surface area contributed by atoms with E-state index < -0.39 is 5.97 Å². The highest BCUT2D eigenvalue weighted by molar-refractivity contribution is 5.89. The molecule has 0 atom stereocenters. The van der Waals surface area contributed by atoms with E-state index in [-0.39, 0.29) is 17.0 Å². The third-order valence-corrected chi connectivity index (χ3v) is 5.83. The molecule has 4 fully saturated rings. The summed E-state index contributed by atoms with van der Waals surface area (Å²) in [5.41, 5.74) is 6.61. The molecule has 0 aromatic carbocycles. The first-order valence-electron chi connectivity index (χ1n) is 7.93. The van der Waals surface area contributed by atoms with Crippen LogP contribution in [-0.4, -0.2) is 17.7 Å². The summed E-state index contributed by atoms with van der Waals surface area (Å²) >= 11 is 0. The van der Waals surface area contributed by atoms with Crippen molar-refractivity contribution in [1.82, 2.24) is 5.16 Å². The highest BCUT2D eigenvalue weighted by Gasteiger charge is 2.51. The molecule has 4 saturated carbocycles. The lowest BCUT2D eigenvalue weighted by molar-refractivity contribution is -0.0850. The van der Waals surface area contributed by atoms with Crippen LogP contribution in [0.2, 0.25) is 0 Å². The molecule has 1 heterocycles. The molecule has 5 heteroatoms. The number of hydrogen-bond donors (Lipinski definition) is 1. The van der Waals surface area contributed by atoms with Gasteiger partial charge in [-0.15, -0.1) is 0 Å². The Hall–Kier alpha value is -1.52. The van der Waals surface area contributed by atoms with Crippen molar-refractivity contribution in [3.63, 3.8) is 0 Å². The molecule has 1 aromatic rings. The largest absolute Gasteiger partial charge is 0.460 e. The molecular weight excluding hydrogens is 268 g/mol. The number of carbonyl (C=O) groups is 1. The molecule has 4 aliphatic carbocycles. The molecule has 0 spiro atoms. The van der Waals surface area contributed by atoms with E-state index in [4.69, 9.17) is 15.0 Å². The van der Waals surface area contributed by atoms with Gasteiger partial charge in [0.2, 0.25) is 5.88 Å². The second kappa shape index (κ2) is 4.49. The minimum absolute atomic E-state index is 0.191. The van der Waals surface area contributed by atoms with Gasteiger partial charge in [-0.3, -0.25) is 0 Å². The van der Waals surface area contributed by atoms with Gasteiger partial charge in [0.15, 0.2) is 5.69 Å². The van der Waals surface area contributed by atoms with Gasteiger partial charge in [0.25, 0.3) is 0 Å².